The van der Waals surface area contributed by atoms with E-state index < -0.39 is 0 Å². The maximum Gasteiger partial charge on any atom is 0.278 e. The molecule has 1 aromatic carbocycles. The number of quaternary nitrogens is 2. The number of benzene rings is 1. The van der Waals surface area contributed by atoms with Crippen LogP contribution < -0.4 is 15.5 Å². The lowest BCUT2D eigenvalue weighted by atomic mass is 10.1. The molecular weight excluding hydrogens is 352 g/mol. The quantitative estimate of drug-likeness (QED) is 0.552. The summed E-state index contributed by atoms with van der Waals surface area (Å²) in [6.45, 7) is 8.82. The molecule has 0 unspecified atom stereocenters. The summed E-state index contributed by atoms with van der Waals surface area (Å²) < 4.78 is 0. The molecule has 1 aliphatic rings. The molecule has 0 aliphatic carbocycles. The zero-order chi connectivity index (χ0) is 18.9. The maximum absolute atomic E-state index is 12.5. The monoisotopic (exact) mass is 382 g/mol. The zero-order valence-corrected chi connectivity index (χ0v) is 16.5. The van der Waals surface area contributed by atoms with Crippen LogP contribution in [-0.2, 0) is 9.59 Å². The van der Waals surface area contributed by atoms with Crippen LogP contribution in [0, 0.1) is 0 Å². The maximum atomic E-state index is 12.5. The van der Waals surface area contributed by atoms with Gasteiger partial charge in [-0.05, 0) is 19.4 Å². The summed E-state index contributed by atoms with van der Waals surface area (Å²) in [5, 5.41) is 5.68. The third-order valence-corrected chi connectivity index (χ3v) is 5.19. The molecule has 2 rings (SSSR count). The van der Waals surface area contributed by atoms with E-state index in [1.807, 2.05) is 41.4 Å². The predicted octanol–water partition coefficient (Wildman–Crippen LogP) is -0.782. The Morgan fingerprint density at radius 2 is 2.00 bits per heavy atom. The fraction of sp³-hybridized carbons (Fsp3) is 0.579. The van der Waals surface area contributed by atoms with Gasteiger partial charge in [0, 0.05) is 17.1 Å². The molecular formula is C19H31ClN4O2+2. The molecule has 1 atom stereocenters. The Morgan fingerprint density at radius 1 is 1.31 bits per heavy atom. The molecule has 0 aromatic heterocycles. The van der Waals surface area contributed by atoms with Gasteiger partial charge >= 0.3 is 0 Å². The van der Waals surface area contributed by atoms with Crippen molar-refractivity contribution in [1.29, 1.82) is 0 Å². The van der Waals surface area contributed by atoms with Crippen LogP contribution in [0.5, 0.6) is 0 Å². The van der Waals surface area contributed by atoms with E-state index in [-0.39, 0.29) is 17.9 Å². The topological polar surface area (TPSA) is 70.5 Å². The van der Waals surface area contributed by atoms with E-state index in [4.69, 9.17) is 11.6 Å². The lowest BCUT2D eigenvalue weighted by Gasteiger charge is -2.31. The zero-order valence-electron chi connectivity index (χ0n) is 15.8. The van der Waals surface area contributed by atoms with Crippen molar-refractivity contribution in [3.63, 3.8) is 0 Å². The average Bonchev–Trinajstić information content (AvgIpc) is 2.65. The number of rotatable bonds is 8. The standard InChI is InChI=1S/C19H29ClN4O2/c1-3-8-21-18(25)14-23-9-11-24(12-10-23)19(26)13-22-15(2)16-6-4-5-7-17(16)20/h4-7,15,22H,3,8-14H2,1-2H3,(H,21,25)/p+2/t15-/m1/s1. The van der Waals surface area contributed by atoms with E-state index in [1.54, 1.807) is 0 Å². The molecule has 7 heteroatoms. The molecule has 6 nitrogen and oxygen atoms in total. The largest absolute Gasteiger partial charge is 0.351 e. The van der Waals surface area contributed by atoms with Crippen LogP contribution in [0.4, 0.5) is 0 Å². The van der Waals surface area contributed by atoms with E-state index in [2.05, 4.69) is 12.2 Å². The van der Waals surface area contributed by atoms with Crippen LogP contribution >= 0.6 is 11.6 Å². The van der Waals surface area contributed by atoms with Gasteiger partial charge in [-0.1, -0.05) is 36.7 Å². The van der Waals surface area contributed by atoms with Crippen molar-refractivity contribution in [3.05, 3.63) is 34.9 Å². The highest BCUT2D eigenvalue weighted by atomic mass is 35.5. The summed E-state index contributed by atoms with van der Waals surface area (Å²) in [5.74, 6) is 0.252. The summed E-state index contributed by atoms with van der Waals surface area (Å²) in [6.07, 6.45) is 0.951. The molecule has 1 heterocycles. The Labute approximate surface area is 160 Å². The smallest absolute Gasteiger partial charge is 0.278 e. The number of carbonyl (C=O) groups excluding carboxylic acids is 2. The first-order chi connectivity index (χ1) is 12.5. The number of piperazine rings is 1. The molecule has 4 N–H and O–H groups in total. The van der Waals surface area contributed by atoms with Gasteiger partial charge in [0.2, 0.25) is 0 Å². The molecule has 1 aliphatic heterocycles. The lowest BCUT2D eigenvalue weighted by molar-refractivity contribution is -0.896. The van der Waals surface area contributed by atoms with E-state index in [0.29, 0.717) is 26.2 Å². The molecule has 1 saturated heterocycles. The SMILES string of the molecule is CCCNC(=O)C[NH+]1CCN(C(=O)C[NH2+][C@H](C)c2ccccc2Cl)CC1. The number of nitrogens with two attached hydrogens (primary N) is 1. The minimum absolute atomic E-state index is 0.100. The van der Waals surface area contributed by atoms with Gasteiger partial charge in [-0.25, -0.2) is 0 Å². The van der Waals surface area contributed by atoms with Gasteiger partial charge in [-0.3, -0.25) is 9.59 Å². The van der Waals surface area contributed by atoms with Crippen molar-refractivity contribution in [3.8, 4) is 0 Å². The van der Waals surface area contributed by atoms with Crippen molar-refractivity contribution in [2.75, 3.05) is 45.8 Å². The van der Waals surface area contributed by atoms with Crippen molar-refractivity contribution < 1.29 is 19.8 Å². The van der Waals surface area contributed by atoms with Crippen LogP contribution in [0.3, 0.4) is 0 Å². The number of carbonyl (C=O) groups is 2. The number of amides is 2. The van der Waals surface area contributed by atoms with E-state index in [0.717, 1.165) is 36.6 Å². The minimum atomic E-state index is 0.100. The number of nitrogens with zero attached hydrogens (tertiary/aromatic N) is 1. The first kappa shape index (κ1) is 20.7. The van der Waals surface area contributed by atoms with Crippen molar-refractivity contribution in [2.45, 2.75) is 26.3 Å². The van der Waals surface area contributed by atoms with Crippen molar-refractivity contribution in [1.82, 2.24) is 10.2 Å². The van der Waals surface area contributed by atoms with E-state index in [1.165, 1.54) is 4.90 Å². The third kappa shape index (κ3) is 6.27. The van der Waals surface area contributed by atoms with Gasteiger partial charge in [-0.2, -0.15) is 0 Å². The Kier molecular flexibility index (Phi) is 8.35. The number of hydrogen-bond acceptors (Lipinski definition) is 2. The highest BCUT2D eigenvalue weighted by Crippen LogP contribution is 2.19. The number of hydrogen-bond donors (Lipinski definition) is 3. The van der Waals surface area contributed by atoms with Crippen LogP contribution in [0.25, 0.3) is 0 Å². The molecule has 26 heavy (non-hydrogen) atoms. The summed E-state index contributed by atoms with van der Waals surface area (Å²) in [6, 6.07) is 7.89. The van der Waals surface area contributed by atoms with E-state index in [9.17, 15) is 9.59 Å². The third-order valence-electron chi connectivity index (χ3n) is 4.85. The molecule has 144 valence electrons. The highest BCUT2D eigenvalue weighted by molar-refractivity contribution is 6.31. The Bertz CT molecular complexity index is 603. The Balaban J connectivity index is 1.71. The molecule has 1 aromatic rings. The molecule has 0 radical (unpaired) electrons. The fourth-order valence-corrected chi connectivity index (χ4v) is 3.49. The van der Waals surface area contributed by atoms with Gasteiger partial charge in [0.15, 0.2) is 13.1 Å². The second kappa shape index (κ2) is 10.5. The highest BCUT2D eigenvalue weighted by Gasteiger charge is 2.26. The molecule has 0 saturated carbocycles. The summed E-state index contributed by atoms with van der Waals surface area (Å²) in [5.41, 5.74) is 1.05. The average molecular weight is 383 g/mol. The van der Waals surface area contributed by atoms with Gasteiger partial charge in [0.1, 0.15) is 6.04 Å². The first-order valence-electron chi connectivity index (χ1n) is 9.47. The van der Waals surface area contributed by atoms with Crippen LogP contribution in [0.1, 0.15) is 31.9 Å². The molecule has 0 spiro atoms. The van der Waals surface area contributed by atoms with E-state index >= 15 is 0 Å². The second-order valence-corrected chi connectivity index (χ2v) is 7.31. The summed E-state index contributed by atoms with van der Waals surface area (Å²) in [7, 11) is 0. The van der Waals surface area contributed by atoms with Crippen LogP contribution in [0.15, 0.2) is 24.3 Å². The minimum Gasteiger partial charge on any atom is -0.351 e. The Morgan fingerprint density at radius 3 is 2.65 bits per heavy atom. The molecule has 2 amide bonds. The summed E-state index contributed by atoms with van der Waals surface area (Å²) in [4.78, 5) is 27.4. The fourth-order valence-electron chi connectivity index (χ4n) is 3.18. The first-order valence-corrected chi connectivity index (χ1v) is 9.84. The van der Waals surface area contributed by atoms with Gasteiger partial charge in [0.05, 0.1) is 26.2 Å². The van der Waals surface area contributed by atoms with Crippen LogP contribution in [-0.4, -0.2) is 62.5 Å². The normalized spacial score (nSPS) is 16.3. The molecule has 0 bridgehead atoms. The predicted molar refractivity (Wildman–Crippen MR) is 102 cm³/mol. The van der Waals surface area contributed by atoms with Gasteiger partial charge in [0.25, 0.3) is 11.8 Å². The Hall–Kier alpha value is -1.63. The number of halogens is 1. The van der Waals surface area contributed by atoms with Crippen molar-refractivity contribution >= 4 is 23.4 Å². The molecule has 1 fully saturated rings. The van der Waals surface area contributed by atoms with Crippen LogP contribution in [0.2, 0.25) is 5.02 Å². The lowest BCUT2D eigenvalue weighted by Crippen LogP contribution is -3.16. The summed E-state index contributed by atoms with van der Waals surface area (Å²) >= 11 is 6.22. The van der Waals surface area contributed by atoms with Gasteiger partial charge in [-0.15, -0.1) is 0 Å². The van der Waals surface area contributed by atoms with Gasteiger partial charge < -0.3 is 20.4 Å². The number of nitrogens with one attached hydrogen (secondary N) is 2. The second-order valence-electron chi connectivity index (χ2n) is 6.91. The van der Waals surface area contributed by atoms with Crippen molar-refractivity contribution in [2.24, 2.45) is 0 Å².